The number of likely N-dealkylation sites (tertiary alicyclic amines) is 1. The van der Waals surface area contributed by atoms with E-state index >= 15 is 0 Å². The lowest BCUT2D eigenvalue weighted by molar-refractivity contribution is -0.127. The Balaban J connectivity index is 2.07. The van der Waals surface area contributed by atoms with Crippen molar-refractivity contribution in [3.05, 3.63) is 23.8 Å². The van der Waals surface area contributed by atoms with E-state index in [0.717, 1.165) is 5.56 Å². The fraction of sp³-hybridized carbons (Fsp3) is 0.429. The minimum atomic E-state index is -0.0909. The van der Waals surface area contributed by atoms with Crippen LogP contribution in [0.2, 0.25) is 0 Å². The van der Waals surface area contributed by atoms with Crippen LogP contribution in [0.25, 0.3) is 0 Å². The number of hydrogen-bond donors (Lipinski definition) is 0. The largest absolute Gasteiger partial charge is 0.493 e. The van der Waals surface area contributed by atoms with Crippen LogP contribution in [0.4, 0.5) is 0 Å². The van der Waals surface area contributed by atoms with Crippen LogP contribution in [-0.4, -0.2) is 43.9 Å². The summed E-state index contributed by atoms with van der Waals surface area (Å²) in [6, 6.07) is 5.64. The van der Waals surface area contributed by atoms with Gasteiger partial charge in [-0.05, 0) is 18.1 Å². The van der Waals surface area contributed by atoms with Crippen LogP contribution in [0.1, 0.15) is 12.0 Å². The zero-order chi connectivity index (χ0) is 13.8. The highest BCUT2D eigenvalue weighted by Crippen LogP contribution is 2.31. The van der Waals surface area contributed by atoms with E-state index < -0.39 is 0 Å². The quantitative estimate of drug-likeness (QED) is 0.745. The van der Waals surface area contributed by atoms with Crippen LogP contribution in [-0.2, 0) is 16.0 Å². The number of ketones is 1. The van der Waals surface area contributed by atoms with Crippen molar-refractivity contribution in [1.82, 2.24) is 4.90 Å². The lowest BCUT2D eigenvalue weighted by Crippen LogP contribution is -2.27. The maximum Gasteiger partial charge on any atom is 0.230 e. The van der Waals surface area contributed by atoms with Crippen molar-refractivity contribution in [2.45, 2.75) is 12.8 Å². The summed E-state index contributed by atoms with van der Waals surface area (Å²) < 4.78 is 10.6. The summed E-state index contributed by atoms with van der Waals surface area (Å²) >= 11 is 0. The van der Waals surface area contributed by atoms with Crippen molar-refractivity contribution in [2.24, 2.45) is 0 Å². The number of carbonyl (C=O) groups is 2. The maximum atomic E-state index is 11.5. The Hall–Kier alpha value is -2.04. The maximum absolute atomic E-state index is 11.5. The van der Waals surface area contributed by atoms with Crippen molar-refractivity contribution < 1.29 is 19.1 Å². The fourth-order valence-corrected chi connectivity index (χ4v) is 2.25. The van der Waals surface area contributed by atoms with E-state index in [2.05, 4.69) is 0 Å². The molecule has 19 heavy (non-hydrogen) atoms. The summed E-state index contributed by atoms with van der Waals surface area (Å²) in [5, 5.41) is 0. The first-order chi connectivity index (χ1) is 9.15. The van der Waals surface area contributed by atoms with E-state index in [9.17, 15) is 9.59 Å². The van der Waals surface area contributed by atoms with Crippen LogP contribution in [0, 0.1) is 0 Å². The van der Waals surface area contributed by atoms with Gasteiger partial charge < -0.3 is 14.4 Å². The van der Waals surface area contributed by atoms with Gasteiger partial charge in [-0.25, -0.2) is 0 Å². The third-order valence-corrected chi connectivity index (χ3v) is 3.20. The van der Waals surface area contributed by atoms with E-state index in [1.807, 2.05) is 18.2 Å². The number of rotatable bonds is 5. The standard InChI is InChI=1S/C14H17NO4/c1-18-12-5-3-4-10(14(12)19-2)6-7-15-9-11(16)8-13(15)17/h3-5H,6-9H2,1-2H3. The van der Waals surface area contributed by atoms with Gasteiger partial charge in [0.05, 0.1) is 27.2 Å². The molecule has 0 N–H and O–H groups in total. The van der Waals surface area contributed by atoms with Gasteiger partial charge in [0.25, 0.3) is 0 Å². The number of Topliss-reactive ketones (excluding diaryl/α,β-unsaturated/α-hetero) is 1. The average molecular weight is 263 g/mol. The Kier molecular flexibility index (Phi) is 4.04. The summed E-state index contributed by atoms with van der Waals surface area (Å²) in [4.78, 5) is 24.3. The zero-order valence-electron chi connectivity index (χ0n) is 11.1. The number of hydrogen-bond acceptors (Lipinski definition) is 4. The molecule has 0 atom stereocenters. The minimum Gasteiger partial charge on any atom is -0.493 e. The van der Waals surface area contributed by atoms with Gasteiger partial charge in [0.2, 0.25) is 5.91 Å². The van der Waals surface area contributed by atoms with Crippen molar-refractivity contribution in [2.75, 3.05) is 27.3 Å². The first-order valence-corrected chi connectivity index (χ1v) is 6.15. The predicted octanol–water partition coefficient (Wildman–Crippen LogP) is 1.05. The number of ether oxygens (including phenoxy) is 2. The Morgan fingerprint density at radius 2 is 2.00 bits per heavy atom. The second kappa shape index (κ2) is 5.73. The molecule has 1 saturated heterocycles. The Labute approximate surface area is 112 Å². The molecule has 1 aliphatic heterocycles. The number of benzene rings is 1. The summed E-state index contributed by atoms with van der Waals surface area (Å²) in [7, 11) is 3.18. The van der Waals surface area contributed by atoms with Gasteiger partial charge >= 0.3 is 0 Å². The molecule has 0 bridgehead atoms. The second-order valence-corrected chi connectivity index (χ2v) is 4.43. The second-order valence-electron chi connectivity index (χ2n) is 4.43. The molecule has 1 aromatic rings. The van der Waals surface area contributed by atoms with Gasteiger partial charge in [-0.15, -0.1) is 0 Å². The van der Waals surface area contributed by atoms with Crippen molar-refractivity contribution in [3.63, 3.8) is 0 Å². The lowest BCUT2D eigenvalue weighted by atomic mass is 10.1. The van der Waals surface area contributed by atoms with Crippen LogP contribution < -0.4 is 9.47 Å². The molecule has 0 aliphatic carbocycles. The minimum absolute atomic E-state index is 0.0115. The normalized spacial score (nSPS) is 14.9. The molecule has 1 aliphatic rings. The van der Waals surface area contributed by atoms with Gasteiger partial charge in [0.15, 0.2) is 17.3 Å². The molecule has 2 rings (SSSR count). The molecule has 5 heteroatoms. The average Bonchev–Trinajstić information content (AvgIpc) is 2.73. The van der Waals surface area contributed by atoms with Crippen LogP contribution >= 0.6 is 0 Å². The van der Waals surface area contributed by atoms with Gasteiger partial charge in [0, 0.05) is 6.54 Å². The summed E-state index contributed by atoms with van der Waals surface area (Å²) in [5.74, 6) is 1.25. The topological polar surface area (TPSA) is 55.8 Å². The molecule has 0 saturated carbocycles. The SMILES string of the molecule is COc1cccc(CCN2CC(=O)CC2=O)c1OC. The molecule has 0 unspecified atom stereocenters. The van der Waals surface area contributed by atoms with Crippen LogP contribution in [0.3, 0.4) is 0 Å². The Bertz CT molecular complexity index is 498. The van der Waals surface area contributed by atoms with Crippen LogP contribution in [0.5, 0.6) is 11.5 Å². The van der Waals surface area contributed by atoms with E-state index in [1.165, 1.54) is 0 Å². The molecular weight excluding hydrogens is 246 g/mol. The Morgan fingerprint density at radius 3 is 2.58 bits per heavy atom. The van der Waals surface area contributed by atoms with Crippen molar-refractivity contribution in [3.8, 4) is 11.5 Å². The van der Waals surface area contributed by atoms with Gasteiger partial charge in [-0.2, -0.15) is 0 Å². The highest BCUT2D eigenvalue weighted by atomic mass is 16.5. The predicted molar refractivity (Wildman–Crippen MR) is 69.5 cm³/mol. The number of para-hydroxylation sites is 1. The molecule has 0 spiro atoms. The molecule has 1 fully saturated rings. The third-order valence-electron chi connectivity index (χ3n) is 3.20. The number of methoxy groups -OCH3 is 2. The van der Waals surface area contributed by atoms with Gasteiger partial charge in [-0.3, -0.25) is 9.59 Å². The summed E-state index contributed by atoms with van der Waals surface area (Å²) in [6.45, 7) is 0.749. The van der Waals surface area contributed by atoms with E-state index in [-0.39, 0.29) is 24.7 Å². The fourth-order valence-electron chi connectivity index (χ4n) is 2.25. The van der Waals surface area contributed by atoms with Crippen molar-refractivity contribution >= 4 is 11.7 Å². The van der Waals surface area contributed by atoms with E-state index in [4.69, 9.17) is 9.47 Å². The molecule has 5 nitrogen and oxygen atoms in total. The first kappa shape index (κ1) is 13.4. The lowest BCUT2D eigenvalue weighted by Gasteiger charge is -2.17. The van der Waals surface area contributed by atoms with E-state index in [1.54, 1.807) is 19.1 Å². The molecular formula is C14H17NO4. The van der Waals surface area contributed by atoms with Crippen molar-refractivity contribution in [1.29, 1.82) is 0 Å². The number of nitrogens with zero attached hydrogens (tertiary/aromatic N) is 1. The Morgan fingerprint density at radius 1 is 1.21 bits per heavy atom. The molecule has 1 heterocycles. The molecule has 1 aromatic carbocycles. The zero-order valence-corrected chi connectivity index (χ0v) is 11.1. The molecule has 1 amide bonds. The third kappa shape index (κ3) is 2.86. The van der Waals surface area contributed by atoms with Gasteiger partial charge in [-0.1, -0.05) is 12.1 Å². The van der Waals surface area contributed by atoms with Crippen LogP contribution in [0.15, 0.2) is 18.2 Å². The number of amides is 1. The highest BCUT2D eigenvalue weighted by Gasteiger charge is 2.27. The number of carbonyl (C=O) groups excluding carboxylic acids is 2. The smallest absolute Gasteiger partial charge is 0.230 e. The molecule has 0 radical (unpaired) electrons. The summed E-state index contributed by atoms with van der Waals surface area (Å²) in [6.07, 6.45) is 0.675. The van der Waals surface area contributed by atoms with Gasteiger partial charge in [0.1, 0.15) is 0 Å². The monoisotopic (exact) mass is 263 g/mol. The molecule has 0 aromatic heterocycles. The first-order valence-electron chi connectivity index (χ1n) is 6.15. The summed E-state index contributed by atoms with van der Waals surface area (Å²) in [5.41, 5.74) is 0.967. The van der Waals surface area contributed by atoms with E-state index in [0.29, 0.717) is 24.5 Å². The molecule has 102 valence electrons. The highest BCUT2D eigenvalue weighted by molar-refractivity contribution is 6.05.